The molecule has 2 N–H and O–H groups in total. The Morgan fingerprint density at radius 3 is 1.46 bits per heavy atom. The van der Waals surface area contributed by atoms with Gasteiger partial charge in [0.15, 0.2) is 5.60 Å². The molecule has 222 valence electrons. The molecule has 0 aromatic rings. The molecule has 0 unspecified atom stereocenters. The van der Waals surface area contributed by atoms with Gasteiger partial charge in [-0.1, -0.05) is 13.8 Å². The van der Waals surface area contributed by atoms with Gasteiger partial charge in [-0.05, 0) is 67.2 Å². The van der Waals surface area contributed by atoms with E-state index in [9.17, 15) is 49.5 Å². The van der Waals surface area contributed by atoms with Crippen molar-refractivity contribution < 1.29 is 63.5 Å². The fourth-order valence-electron chi connectivity index (χ4n) is 2.32. The largest absolute Gasteiger partial charge is 0.465 e. The van der Waals surface area contributed by atoms with Crippen LogP contribution in [0.25, 0.3) is 0 Å². The number of rotatable bonds is 11. The molecular weight excluding hydrogens is 538 g/mol. The summed E-state index contributed by atoms with van der Waals surface area (Å²) >= 11 is 0. The summed E-state index contributed by atoms with van der Waals surface area (Å²) in [4.78, 5) is 23.2. The Labute approximate surface area is 213 Å². The van der Waals surface area contributed by atoms with Crippen LogP contribution in [-0.4, -0.2) is 65.9 Å². The maximum atomic E-state index is 12.8. The van der Waals surface area contributed by atoms with Crippen molar-refractivity contribution in [2.75, 3.05) is 12.4 Å². The van der Waals surface area contributed by atoms with E-state index in [1.54, 1.807) is 13.8 Å². The van der Waals surface area contributed by atoms with Crippen molar-refractivity contribution in [1.29, 1.82) is 0 Å². The van der Waals surface area contributed by atoms with Crippen LogP contribution in [-0.2, 0) is 29.2 Å². The van der Waals surface area contributed by atoms with Gasteiger partial charge in [-0.25, -0.2) is 0 Å². The molecule has 0 saturated heterocycles. The van der Waals surface area contributed by atoms with Crippen LogP contribution >= 0.6 is 0 Å². The van der Waals surface area contributed by atoms with E-state index in [1.807, 2.05) is 6.92 Å². The average molecular weight is 577 g/mol. The normalized spacial score (nSPS) is 13.9. The molecular formula is C22H38F6O8S. The predicted octanol–water partition coefficient (Wildman–Crippen LogP) is 5.23. The summed E-state index contributed by atoms with van der Waals surface area (Å²) in [6.07, 6.45) is -10.6. The molecule has 0 spiro atoms. The molecule has 0 fully saturated rings. The van der Waals surface area contributed by atoms with Crippen LogP contribution < -0.4 is 0 Å². The van der Waals surface area contributed by atoms with Gasteiger partial charge in [0.05, 0.1) is 23.2 Å². The molecule has 0 aliphatic carbocycles. The Morgan fingerprint density at radius 2 is 1.14 bits per heavy atom. The van der Waals surface area contributed by atoms with E-state index < -0.39 is 50.5 Å². The number of carbonyl (C=O) groups is 2. The number of ether oxygens (including phenoxy) is 2. The molecule has 0 heterocycles. The minimum absolute atomic E-state index is 0.137. The molecule has 0 radical (unpaired) electrons. The highest BCUT2D eigenvalue weighted by Gasteiger charge is 2.78. The van der Waals surface area contributed by atoms with E-state index in [0.29, 0.717) is 33.1 Å². The molecule has 0 amide bonds. The molecule has 0 saturated carbocycles. The van der Waals surface area contributed by atoms with Crippen molar-refractivity contribution in [3.8, 4) is 0 Å². The molecule has 15 heteroatoms. The van der Waals surface area contributed by atoms with Crippen molar-refractivity contribution >= 4 is 22.1 Å². The second-order valence-electron chi connectivity index (χ2n) is 10.2. The van der Waals surface area contributed by atoms with E-state index in [0.717, 1.165) is 0 Å². The summed E-state index contributed by atoms with van der Waals surface area (Å²) in [6.45, 7) is 10.6. The van der Waals surface area contributed by atoms with Gasteiger partial charge in [0, 0.05) is 0 Å². The van der Waals surface area contributed by atoms with Gasteiger partial charge < -0.3 is 14.6 Å². The highest BCUT2D eigenvalue weighted by atomic mass is 32.2. The van der Waals surface area contributed by atoms with Crippen molar-refractivity contribution in [3.05, 3.63) is 0 Å². The Balaban J connectivity index is 0. The lowest BCUT2D eigenvalue weighted by Gasteiger charge is -2.44. The zero-order chi connectivity index (χ0) is 30.3. The number of aliphatic hydroxyl groups is 1. The minimum atomic E-state index is -6.06. The van der Waals surface area contributed by atoms with E-state index in [1.165, 1.54) is 20.8 Å². The highest BCUT2D eigenvalue weighted by molar-refractivity contribution is 7.85. The third kappa shape index (κ3) is 11.0. The number of halogens is 6. The lowest BCUT2D eigenvalue weighted by Crippen LogP contribution is -2.70. The van der Waals surface area contributed by atoms with Crippen molar-refractivity contribution in [1.82, 2.24) is 0 Å². The van der Waals surface area contributed by atoms with Crippen LogP contribution in [0.1, 0.15) is 81.1 Å². The standard InChI is InChI=1S/C12H18F6O3.C10H20O5S/c1-6-8(2,3)7(19)21-9(4,5)10(20,11(13,14)15)12(16,17)18;1-4-10(2,3)9(11)15-7-5-6-8-16(12,13)14/h20H,6H2,1-5H3;4-8H2,1-3H3,(H,12,13,14). The first-order valence-electron chi connectivity index (χ1n) is 11.3. The van der Waals surface area contributed by atoms with Crippen LogP contribution in [0.2, 0.25) is 0 Å². The molecule has 8 nitrogen and oxygen atoms in total. The smallest absolute Gasteiger partial charge is 0.430 e. The number of carbonyl (C=O) groups excluding carboxylic acids is 2. The summed E-state index contributed by atoms with van der Waals surface area (Å²) in [5.74, 6) is -1.83. The average Bonchev–Trinajstić information content (AvgIpc) is 2.70. The van der Waals surface area contributed by atoms with Gasteiger partial charge in [0.1, 0.15) is 0 Å². The van der Waals surface area contributed by atoms with E-state index in [4.69, 9.17) is 9.29 Å². The lowest BCUT2D eigenvalue weighted by atomic mass is 9.83. The van der Waals surface area contributed by atoms with E-state index in [2.05, 4.69) is 4.74 Å². The molecule has 0 rings (SSSR count). The Hall–Kier alpha value is -1.61. The Kier molecular flexibility index (Phi) is 13.2. The van der Waals surface area contributed by atoms with Gasteiger partial charge in [-0.3, -0.25) is 14.1 Å². The second-order valence-corrected chi connectivity index (χ2v) is 11.8. The Morgan fingerprint density at radius 1 is 0.757 bits per heavy atom. The summed E-state index contributed by atoms with van der Waals surface area (Å²) in [5, 5.41) is 9.27. The van der Waals surface area contributed by atoms with Crippen LogP contribution in [0, 0.1) is 10.8 Å². The Bertz CT molecular complexity index is 847. The van der Waals surface area contributed by atoms with Gasteiger partial charge in [-0.2, -0.15) is 34.8 Å². The topological polar surface area (TPSA) is 127 Å². The first kappa shape index (κ1) is 37.5. The summed E-state index contributed by atoms with van der Waals surface area (Å²) in [6, 6.07) is 0. The monoisotopic (exact) mass is 576 g/mol. The lowest BCUT2D eigenvalue weighted by molar-refractivity contribution is -0.408. The highest BCUT2D eigenvalue weighted by Crippen LogP contribution is 2.51. The molecule has 0 aromatic heterocycles. The summed E-state index contributed by atoms with van der Waals surface area (Å²) in [5.41, 5.74) is -10.2. The quantitative estimate of drug-likeness (QED) is 0.148. The number of esters is 2. The number of hydrogen-bond acceptors (Lipinski definition) is 7. The third-order valence-electron chi connectivity index (χ3n) is 5.94. The number of unbranched alkanes of at least 4 members (excludes halogenated alkanes) is 1. The maximum absolute atomic E-state index is 12.8. The van der Waals surface area contributed by atoms with Gasteiger partial charge in [-0.15, -0.1) is 0 Å². The number of alkyl halides is 6. The first-order chi connectivity index (χ1) is 16.1. The van der Waals surface area contributed by atoms with Gasteiger partial charge in [0.25, 0.3) is 15.7 Å². The fraction of sp³-hybridized carbons (Fsp3) is 0.909. The molecule has 0 aliphatic rings. The molecule has 37 heavy (non-hydrogen) atoms. The van der Waals surface area contributed by atoms with Crippen LogP contribution in [0.3, 0.4) is 0 Å². The van der Waals surface area contributed by atoms with Gasteiger partial charge >= 0.3 is 24.3 Å². The fourth-order valence-corrected chi connectivity index (χ4v) is 2.89. The van der Waals surface area contributed by atoms with E-state index >= 15 is 0 Å². The van der Waals surface area contributed by atoms with Crippen LogP contribution in [0.5, 0.6) is 0 Å². The van der Waals surface area contributed by atoms with Crippen molar-refractivity contribution in [3.63, 3.8) is 0 Å². The zero-order valence-electron chi connectivity index (χ0n) is 22.3. The summed E-state index contributed by atoms with van der Waals surface area (Å²) in [7, 11) is -3.90. The second kappa shape index (κ2) is 13.0. The molecule has 0 aliphatic heterocycles. The van der Waals surface area contributed by atoms with Crippen molar-refractivity contribution in [2.45, 2.75) is 105 Å². The van der Waals surface area contributed by atoms with Crippen molar-refractivity contribution in [2.24, 2.45) is 10.8 Å². The van der Waals surface area contributed by atoms with Gasteiger partial charge in [0.2, 0.25) is 0 Å². The minimum Gasteiger partial charge on any atom is -0.465 e. The predicted molar refractivity (Wildman–Crippen MR) is 122 cm³/mol. The zero-order valence-corrected chi connectivity index (χ0v) is 23.1. The summed E-state index contributed by atoms with van der Waals surface area (Å²) < 4.78 is 115. The molecule has 0 atom stereocenters. The first-order valence-corrected chi connectivity index (χ1v) is 13.0. The molecule has 0 aromatic carbocycles. The van der Waals surface area contributed by atoms with Crippen LogP contribution in [0.4, 0.5) is 26.3 Å². The molecule has 0 bridgehead atoms. The maximum Gasteiger partial charge on any atom is 0.430 e. The van der Waals surface area contributed by atoms with Crippen LogP contribution in [0.15, 0.2) is 0 Å². The SMILES string of the molecule is CCC(C)(C)C(=O)OC(C)(C)C(O)(C(F)(F)F)C(F)(F)F.CCC(C)(C)C(=O)OCCCCS(=O)(=O)O. The number of hydrogen-bond donors (Lipinski definition) is 2. The third-order valence-corrected chi connectivity index (χ3v) is 6.75. The van der Waals surface area contributed by atoms with E-state index in [-0.39, 0.29) is 24.7 Å².